The zero-order chi connectivity index (χ0) is 21.8. The Morgan fingerprint density at radius 3 is 2.41 bits per heavy atom. The molecule has 2 aliphatic rings. The smallest absolute Gasteiger partial charge is 0.393 e. The molecule has 2 fully saturated rings. The number of rotatable bonds is 11. The fourth-order valence-corrected chi connectivity index (χ4v) is 4.71. The molecule has 2 heterocycles. The first-order valence-corrected chi connectivity index (χ1v) is 11.8. The molecule has 0 aliphatic carbocycles. The third-order valence-electron chi connectivity index (χ3n) is 4.99. The Bertz CT molecular complexity index is 558. The van der Waals surface area contributed by atoms with Crippen LogP contribution in [0, 0.1) is 0 Å². The topological polar surface area (TPSA) is 113 Å². The molecule has 0 aromatic heterocycles. The number of ether oxygens (including phenoxy) is 4. The van der Waals surface area contributed by atoms with E-state index in [4.69, 9.17) is 28.0 Å². The first kappa shape index (κ1) is 25.2. The van der Waals surface area contributed by atoms with Gasteiger partial charge in [0.2, 0.25) is 0 Å². The molecule has 2 saturated heterocycles. The lowest BCUT2D eigenvalue weighted by molar-refractivity contribution is -0.151. The average Bonchev–Trinajstić information content (AvgIpc) is 3.09. The van der Waals surface area contributed by atoms with Crippen molar-refractivity contribution in [3.8, 4) is 0 Å². The highest BCUT2D eigenvalue weighted by molar-refractivity contribution is 7.47. The van der Waals surface area contributed by atoms with Gasteiger partial charge in [0.1, 0.15) is 17.8 Å². The molecule has 0 amide bonds. The summed E-state index contributed by atoms with van der Waals surface area (Å²) in [6, 6.07) is 0. The van der Waals surface area contributed by atoms with E-state index < -0.39 is 32.2 Å². The Balaban J connectivity index is 1.98. The molecule has 2 unspecified atom stereocenters. The van der Waals surface area contributed by atoms with Crippen LogP contribution in [-0.2, 0) is 32.6 Å². The number of hydrogen-bond donors (Lipinski definition) is 2. The van der Waals surface area contributed by atoms with E-state index in [-0.39, 0.29) is 43.7 Å². The summed E-state index contributed by atoms with van der Waals surface area (Å²) in [4.78, 5) is 10.3. The maximum Gasteiger partial charge on any atom is 0.472 e. The molecule has 2 N–H and O–H groups in total. The minimum atomic E-state index is -4.42. The van der Waals surface area contributed by atoms with E-state index in [1.54, 1.807) is 0 Å². The third kappa shape index (κ3) is 7.23. The number of phosphoric ester groups is 1. The molecule has 9 nitrogen and oxygen atoms in total. The molecule has 0 aromatic carbocycles. The summed E-state index contributed by atoms with van der Waals surface area (Å²) in [5.41, 5.74) is -1.22. The zero-order valence-electron chi connectivity index (χ0n) is 18.3. The SMILES string of the molecule is CC(C)OC[C@@]1(CO)O[C@@H](C)C[C@H]1OP(=O)(O)OC[C@H]1O[C@@H](C)CC1OC(C)C. The summed E-state index contributed by atoms with van der Waals surface area (Å²) in [6.45, 7) is 10.8. The number of hydrogen-bond acceptors (Lipinski definition) is 8. The minimum Gasteiger partial charge on any atom is -0.393 e. The number of aliphatic hydroxyl groups excluding tert-OH is 1. The van der Waals surface area contributed by atoms with Gasteiger partial charge in [0.15, 0.2) is 0 Å². The first-order valence-electron chi connectivity index (χ1n) is 10.3. The molecule has 2 aliphatic heterocycles. The van der Waals surface area contributed by atoms with Gasteiger partial charge in [-0.25, -0.2) is 4.57 Å². The fraction of sp³-hybridized carbons (Fsp3) is 1.00. The molecular formula is C19H37O9P. The van der Waals surface area contributed by atoms with Crippen molar-refractivity contribution >= 4 is 7.82 Å². The Labute approximate surface area is 173 Å². The van der Waals surface area contributed by atoms with Gasteiger partial charge in [0, 0.05) is 12.8 Å². The second-order valence-corrected chi connectivity index (χ2v) is 9.96. The van der Waals surface area contributed by atoms with Gasteiger partial charge in [0.05, 0.1) is 50.3 Å². The second kappa shape index (κ2) is 10.5. The predicted molar refractivity (Wildman–Crippen MR) is 106 cm³/mol. The maximum absolute atomic E-state index is 12.6. The van der Waals surface area contributed by atoms with Crippen molar-refractivity contribution in [3.63, 3.8) is 0 Å². The monoisotopic (exact) mass is 440 g/mol. The van der Waals surface area contributed by atoms with E-state index in [9.17, 15) is 14.6 Å². The van der Waals surface area contributed by atoms with Crippen molar-refractivity contribution in [2.24, 2.45) is 0 Å². The van der Waals surface area contributed by atoms with Gasteiger partial charge in [-0.05, 0) is 41.5 Å². The standard InChI is InChI=1S/C19H37O9P/c1-12(2)23-11-19(10-20)18(8-15(6)27-19)28-29(21,22)24-9-17-16(25-13(3)4)7-14(5)26-17/h12-18,20H,7-11H2,1-6H3,(H,21,22)/t14-,15-,16?,17+,18+,19+/m0/s1. The molecule has 2 rings (SSSR count). The van der Waals surface area contributed by atoms with Crippen molar-refractivity contribution in [2.75, 3.05) is 19.8 Å². The highest BCUT2D eigenvalue weighted by Crippen LogP contribution is 2.50. The lowest BCUT2D eigenvalue weighted by atomic mass is 9.98. The molecule has 172 valence electrons. The van der Waals surface area contributed by atoms with Crippen molar-refractivity contribution in [1.29, 1.82) is 0 Å². The zero-order valence-corrected chi connectivity index (χ0v) is 19.2. The molecule has 0 radical (unpaired) electrons. The first-order chi connectivity index (χ1) is 13.5. The van der Waals surface area contributed by atoms with E-state index >= 15 is 0 Å². The van der Waals surface area contributed by atoms with Gasteiger partial charge in [-0.3, -0.25) is 9.05 Å². The van der Waals surface area contributed by atoms with E-state index in [0.717, 1.165) is 0 Å². The van der Waals surface area contributed by atoms with Crippen LogP contribution in [0.4, 0.5) is 0 Å². The third-order valence-corrected chi connectivity index (χ3v) is 5.99. The maximum atomic E-state index is 12.6. The quantitative estimate of drug-likeness (QED) is 0.468. The van der Waals surface area contributed by atoms with Crippen molar-refractivity contribution in [3.05, 3.63) is 0 Å². The van der Waals surface area contributed by atoms with Crippen molar-refractivity contribution in [2.45, 2.75) is 103 Å². The molecule has 0 saturated carbocycles. The molecule has 0 aromatic rings. The summed E-state index contributed by atoms with van der Waals surface area (Å²) in [5.74, 6) is 0. The summed E-state index contributed by atoms with van der Waals surface area (Å²) >= 11 is 0. The van der Waals surface area contributed by atoms with Crippen LogP contribution < -0.4 is 0 Å². The van der Waals surface area contributed by atoms with Gasteiger partial charge in [0.25, 0.3) is 0 Å². The second-order valence-electron chi connectivity index (χ2n) is 8.55. The summed E-state index contributed by atoms with van der Waals surface area (Å²) in [7, 11) is -4.42. The number of aliphatic hydroxyl groups is 1. The molecule has 0 bridgehead atoms. The van der Waals surface area contributed by atoms with Gasteiger partial charge >= 0.3 is 7.82 Å². The molecular weight excluding hydrogens is 403 g/mol. The summed E-state index contributed by atoms with van der Waals surface area (Å²) in [6.07, 6.45) is -0.840. The van der Waals surface area contributed by atoms with Crippen LogP contribution >= 0.6 is 7.82 Å². The van der Waals surface area contributed by atoms with E-state index in [2.05, 4.69) is 0 Å². The summed E-state index contributed by atoms with van der Waals surface area (Å²) < 4.78 is 46.3. The highest BCUT2D eigenvalue weighted by atomic mass is 31.2. The van der Waals surface area contributed by atoms with Crippen LogP contribution in [0.3, 0.4) is 0 Å². The Kier molecular flexibility index (Phi) is 9.10. The summed E-state index contributed by atoms with van der Waals surface area (Å²) in [5, 5.41) is 9.93. The van der Waals surface area contributed by atoms with Crippen molar-refractivity contribution < 1.29 is 42.6 Å². The molecule has 7 atom stereocenters. The predicted octanol–water partition coefficient (Wildman–Crippen LogP) is 2.42. The average molecular weight is 440 g/mol. The van der Waals surface area contributed by atoms with Crippen LogP contribution in [-0.4, -0.2) is 78.1 Å². The van der Waals surface area contributed by atoms with Crippen molar-refractivity contribution in [1.82, 2.24) is 0 Å². The van der Waals surface area contributed by atoms with Gasteiger partial charge in [-0.1, -0.05) is 0 Å². The van der Waals surface area contributed by atoms with Crippen LogP contribution in [0.5, 0.6) is 0 Å². The van der Waals surface area contributed by atoms with Gasteiger partial charge in [-0.15, -0.1) is 0 Å². The van der Waals surface area contributed by atoms with Crippen LogP contribution in [0.15, 0.2) is 0 Å². The minimum absolute atomic E-state index is 0.0110. The van der Waals surface area contributed by atoms with Crippen LogP contribution in [0.1, 0.15) is 54.4 Å². The van der Waals surface area contributed by atoms with Gasteiger partial charge < -0.3 is 28.9 Å². The normalized spacial score (nSPS) is 37.5. The molecule has 0 spiro atoms. The van der Waals surface area contributed by atoms with Crippen LogP contribution in [0.2, 0.25) is 0 Å². The molecule has 29 heavy (non-hydrogen) atoms. The Morgan fingerprint density at radius 2 is 1.83 bits per heavy atom. The van der Waals surface area contributed by atoms with E-state index in [0.29, 0.717) is 12.8 Å². The van der Waals surface area contributed by atoms with E-state index in [1.165, 1.54) is 0 Å². The molecule has 10 heteroatoms. The van der Waals surface area contributed by atoms with E-state index in [1.807, 2.05) is 41.5 Å². The van der Waals surface area contributed by atoms with Crippen LogP contribution in [0.25, 0.3) is 0 Å². The largest absolute Gasteiger partial charge is 0.472 e. The highest BCUT2D eigenvalue weighted by Gasteiger charge is 2.51. The Hall–Kier alpha value is -0.0900. The fourth-order valence-electron chi connectivity index (χ4n) is 3.72. The Morgan fingerprint density at radius 1 is 1.14 bits per heavy atom. The lowest BCUT2D eigenvalue weighted by Crippen LogP contribution is -2.49. The number of phosphoric acid groups is 1. The van der Waals surface area contributed by atoms with Gasteiger partial charge in [-0.2, -0.15) is 0 Å². The lowest BCUT2D eigenvalue weighted by Gasteiger charge is -2.33.